The third-order valence-electron chi connectivity index (χ3n) is 3.05. The lowest BCUT2D eigenvalue weighted by molar-refractivity contribution is -0.122. The van der Waals surface area contributed by atoms with Crippen LogP contribution in [0.25, 0.3) is 0 Å². The molecule has 1 unspecified atom stereocenters. The highest BCUT2D eigenvalue weighted by molar-refractivity contribution is 5.75. The first kappa shape index (κ1) is 13.4. The van der Waals surface area contributed by atoms with Gasteiger partial charge >= 0.3 is 0 Å². The summed E-state index contributed by atoms with van der Waals surface area (Å²) in [7, 11) is 0. The highest BCUT2D eigenvalue weighted by Crippen LogP contribution is 2.28. The van der Waals surface area contributed by atoms with Crippen LogP contribution in [0.1, 0.15) is 38.5 Å². The van der Waals surface area contributed by atoms with Gasteiger partial charge in [-0.3, -0.25) is 4.79 Å². The molecule has 0 aromatic carbocycles. The van der Waals surface area contributed by atoms with Crippen molar-refractivity contribution in [3.63, 3.8) is 0 Å². The Balaban J connectivity index is 2.06. The van der Waals surface area contributed by atoms with Crippen LogP contribution in [0, 0.1) is 5.92 Å². The molecular formula is C11H19F2NO2. The molecule has 0 saturated heterocycles. The Morgan fingerprint density at radius 3 is 2.56 bits per heavy atom. The molecule has 1 fully saturated rings. The summed E-state index contributed by atoms with van der Waals surface area (Å²) < 4.78 is 23.8. The first-order valence-corrected chi connectivity index (χ1v) is 5.82. The summed E-state index contributed by atoms with van der Waals surface area (Å²) in [6.07, 6.45) is 1.47. The molecule has 1 rings (SSSR count). The molecule has 1 saturated carbocycles. The van der Waals surface area contributed by atoms with Crippen LogP contribution < -0.4 is 5.32 Å². The maximum absolute atomic E-state index is 11.9. The fraction of sp³-hybridized carbons (Fsp3) is 0.909. The molecule has 5 heteroatoms. The van der Waals surface area contributed by atoms with E-state index in [9.17, 15) is 13.6 Å². The maximum Gasteiger partial charge on any atom is 0.265 e. The largest absolute Gasteiger partial charge is 0.385 e. The maximum atomic E-state index is 11.9. The Bertz CT molecular complexity index is 210. The van der Waals surface area contributed by atoms with Crippen molar-refractivity contribution < 1.29 is 18.7 Å². The first-order valence-electron chi connectivity index (χ1n) is 5.82. The molecule has 1 amide bonds. The van der Waals surface area contributed by atoms with Crippen molar-refractivity contribution in [2.24, 2.45) is 5.92 Å². The number of nitrogens with one attached hydrogen (secondary N) is 1. The van der Waals surface area contributed by atoms with Crippen LogP contribution in [0.5, 0.6) is 0 Å². The molecule has 0 aromatic heterocycles. The highest BCUT2D eigenvalue weighted by atomic mass is 19.3. The second kappa shape index (κ2) is 6.78. The third kappa shape index (κ3) is 4.88. The number of rotatable bonds is 6. The highest BCUT2D eigenvalue weighted by Gasteiger charge is 2.19. The smallest absolute Gasteiger partial charge is 0.265 e. The summed E-state index contributed by atoms with van der Waals surface area (Å²) in [5, 5.41) is 11.1. The van der Waals surface area contributed by atoms with Crippen LogP contribution in [0.15, 0.2) is 0 Å². The number of hydrogen-bond acceptors (Lipinski definition) is 2. The van der Waals surface area contributed by atoms with Crippen LogP contribution in [-0.4, -0.2) is 30.1 Å². The van der Waals surface area contributed by atoms with Gasteiger partial charge in [-0.1, -0.05) is 25.7 Å². The zero-order valence-corrected chi connectivity index (χ0v) is 9.29. The van der Waals surface area contributed by atoms with Crippen molar-refractivity contribution in [1.82, 2.24) is 5.32 Å². The Hall–Kier alpha value is -0.710. The number of hydrogen-bond donors (Lipinski definition) is 2. The van der Waals surface area contributed by atoms with Gasteiger partial charge in [0.2, 0.25) is 5.91 Å². The number of carbonyl (C=O) groups excluding carboxylic acids is 1. The summed E-state index contributed by atoms with van der Waals surface area (Å²) in [4.78, 5) is 11.3. The van der Waals surface area contributed by atoms with E-state index in [-0.39, 0.29) is 12.5 Å². The molecule has 0 aliphatic heterocycles. The van der Waals surface area contributed by atoms with Gasteiger partial charge < -0.3 is 10.4 Å². The predicted octanol–water partition coefficient (Wildman–Crippen LogP) is 1.70. The van der Waals surface area contributed by atoms with E-state index in [1.165, 1.54) is 25.7 Å². The van der Waals surface area contributed by atoms with E-state index in [0.29, 0.717) is 12.3 Å². The lowest BCUT2D eigenvalue weighted by Crippen LogP contribution is -2.35. The van der Waals surface area contributed by atoms with E-state index in [0.717, 1.165) is 6.42 Å². The fourth-order valence-corrected chi connectivity index (χ4v) is 2.03. The summed E-state index contributed by atoms with van der Waals surface area (Å²) in [6.45, 7) is -0.360. The van der Waals surface area contributed by atoms with E-state index in [2.05, 4.69) is 5.32 Å². The number of amides is 1. The van der Waals surface area contributed by atoms with Crippen molar-refractivity contribution in [2.45, 2.75) is 51.1 Å². The molecule has 0 heterocycles. The van der Waals surface area contributed by atoms with Gasteiger partial charge in [-0.05, 0) is 12.3 Å². The predicted molar refractivity (Wildman–Crippen MR) is 56.2 cm³/mol. The zero-order chi connectivity index (χ0) is 12.0. The van der Waals surface area contributed by atoms with Gasteiger partial charge in [-0.25, -0.2) is 8.78 Å². The van der Waals surface area contributed by atoms with Gasteiger partial charge in [0, 0.05) is 13.0 Å². The molecule has 1 aliphatic carbocycles. The minimum Gasteiger partial charge on any atom is -0.385 e. The number of halogens is 2. The molecule has 0 radical (unpaired) electrons. The summed E-state index contributed by atoms with van der Waals surface area (Å²) >= 11 is 0. The molecule has 0 spiro atoms. The lowest BCUT2D eigenvalue weighted by atomic mass is 10.0. The standard InChI is InChI=1S/C11H19F2NO2/c12-11(13)9(15)7-14-10(16)6-5-8-3-1-2-4-8/h8-9,11,15H,1-7H2,(H,14,16). The number of alkyl halides is 2. The summed E-state index contributed by atoms with van der Waals surface area (Å²) in [5.74, 6) is 0.373. The van der Waals surface area contributed by atoms with Crippen LogP contribution in [0.4, 0.5) is 8.78 Å². The molecule has 1 atom stereocenters. The van der Waals surface area contributed by atoms with Crippen molar-refractivity contribution in [2.75, 3.05) is 6.54 Å². The summed E-state index contributed by atoms with van der Waals surface area (Å²) in [6, 6.07) is 0. The molecule has 0 aromatic rings. The van der Waals surface area contributed by atoms with Gasteiger partial charge in [-0.2, -0.15) is 0 Å². The van der Waals surface area contributed by atoms with Gasteiger partial charge in [0.05, 0.1) is 0 Å². The SMILES string of the molecule is O=C(CCC1CCCC1)NCC(O)C(F)F. The fourth-order valence-electron chi connectivity index (χ4n) is 2.03. The Kier molecular flexibility index (Phi) is 5.66. The Morgan fingerprint density at radius 1 is 1.38 bits per heavy atom. The van der Waals surface area contributed by atoms with Crippen LogP contribution in [0.2, 0.25) is 0 Å². The molecule has 0 bridgehead atoms. The zero-order valence-electron chi connectivity index (χ0n) is 9.29. The average Bonchev–Trinajstić information content (AvgIpc) is 2.75. The van der Waals surface area contributed by atoms with Crippen molar-refractivity contribution in [3.8, 4) is 0 Å². The van der Waals surface area contributed by atoms with E-state index in [4.69, 9.17) is 5.11 Å². The topological polar surface area (TPSA) is 49.3 Å². The second-order valence-corrected chi connectivity index (χ2v) is 4.40. The van der Waals surface area contributed by atoms with Crippen molar-refractivity contribution >= 4 is 5.91 Å². The van der Waals surface area contributed by atoms with Gasteiger partial charge in [0.15, 0.2) is 0 Å². The third-order valence-corrected chi connectivity index (χ3v) is 3.05. The van der Waals surface area contributed by atoms with Crippen LogP contribution >= 0.6 is 0 Å². The molecule has 3 nitrogen and oxygen atoms in total. The Labute approximate surface area is 94.2 Å². The van der Waals surface area contributed by atoms with E-state index < -0.39 is 12.5 Å². The van der Waals surface area contributed by atoms with Gasteiger partial charge in [0.1, 0.15) is 6.10 Å². The molecule has 2 N–H and O–H groups in total. The number of carbonyl (C=O) groups is 1. The lowest BCUT2D eigenvalue weighted by Gasteiger charge is -2.12. The second-order valence-electron chi connectivity index (χ2n) is 4.40. The number of aliphatic hydroxyl groups excluding tert-OH is 1. The number of aliphatic hydroxyl groups is 1. The minimum absolute atomic E-state index is 0.244. The summed E-state index contributed by atoms with van der Waals surface area (Å²) in [5.41, 5.74) is 0. The molecule has 1 aliphatic rings. The quantitative estimate of drug-likeness (QED) is 0.736. The monoisotopic (exact) mass is 235 g/mol. The van der Waals surface area contributed by atoms with Crippen LogP contribution in [-0.2, 0) is 4.79 Å². The molecular weight excluding hydrogens is 216 g/mol. The minimum atomic E-state index is -2.80. The van der Waals surface area contributed by atoms with Crippen molar-refractivity contribution in [3.05, 3.63) is 0 Å². The first-order chi connectivity index (χ1) is 7.59. The van der Waals surface area contributed by atoms with E-state index in [1.54, 1.807) is 0 Å². The molecule has 94 valence electrons. The van der Waals surface area contributed by atoms with E-state index >= 15 is 0 Å². The van der Waals surface area contributed by atoms with Gasteiger partial charge in [-0.15, -0.1) is 0 Å². The van der Waals surface area contributed by atoms with E-state index in [1.807, 2.05) is 0 Å². The van der Waals surface area contributed by atoms with Crippen molar-refractivity contribution in [1.29, 1.82) is 0 Å². The van der Waals surface area contributed by atoms with Gasteiger partial charge in [0.25, 0.3) is 6.43 Å². The Morgan fingerprint density at radius 2 is 2.00 bits per heavy atom. The molecule has 16 heavy (non-hydrogen) atoms. The normalized spacial score (nSPS) is 19.0. The van der Waals surface area contributed by atoms with Crippen LogP contribution in [0.3, 0.4) is 0 Å². The average molecular weight is 235 g/mol.